The zero-order valence-corrected chi connectivity index (χ0v) is 9.36. The van der Waals surface area contributed by atoms with Gasteiger partial charge < -0.3 is 14.9 Å². The van der Waals surface area contributed by atoms with Gasteiger partial charge in [-0.25, -0.2) is 9.59 Å². The molecule has 92 valence electrons. The van der Waals surface area contributed by atoms with Crippen LogP contribution < -0.4 is 0 Å². The Labute approximate surface area is 101 Å². The molecule has 0 saturated carbocycles. The number of hydrogen-bond acceptors (Lipinski definition) is 4. The molecule has 0 aromatic heterocycles. The van der Waals surface area contributed by atoms with E-state index in [1.807, 2.05) is 0 Å². The van der Waals surface area contributed by atoms with E-state index in [4.69, 9.17) is 21.8 Å². The van der Waals surface area contributed by atoms with Gasteiger partial charge in [-0.3, -0.25) is 4.79 Å². The van der Waals surface area contributed by atoms with Crippen molar-refractivity contribution in [1.29, 1.82) is 0 Å². The summed E-state index contributed by atoms with van der Waals surface area (Å²) in [6.07, 6.45) is 0.0481. The van der Waals surface area contributed by atoms with Crippen LogP contribution in [0.4, 0.5) is 0 Å². The van der Waals surface area contributed by atoms with Crippen LogP contribution in [0.3, 0.4) is 0 Å². The first-order chi connectivity index (χ1) is 7.81. The lowest BCUT2D eigenvalue weighted by Crippen LogP contribution is -2.15. The average molecular weight is 261 g/mol. The maximum atomic E-state index is 11.1. The van der Waals surface area contributed by atoms with Gasteiger partial charge >= 0.3 is 17.9 Å². The molecule has 0 heterocycles. The summed E-state index contributed by atoms with van der Waals surface area (Å²) in [6.45, 7) is 6.23. The van der Waals surface area contributed by atoms with Crippen molar-refractivity contribution in [2.24, 2.45) is 0 Å². The van der Waals surface area contributed by atoms with E-state index >= 15 is 0 Å². The van der Waals surface area contributed by atoms with E-state index in [1.165, 1.54) is 0 Å². The maximum Gasteiger partial charge on any atom is 0.337 e. The topological polar surface area (TPSA) is 101 Å². The Kier molecular flexibility index (Phi) is 5.70. The second kappa shape index (κ2) is 6.49. The maximum absolute atomic E-state index is 11.1. The third-order valence-corrected chi connectivity index (χ3v) is 1.77. The Morgan fingerprint density at radius 1 is 1.24 bits per heavy atom. The van der Waals surface area contributed by atoms with E-state index in [0.29, 0.717) is 0 Å². The quantitative estimate of drug-likeness (QED) is 0.323. The number of halogens is 1. The molecular formula is C10H9ClO6. The summed E-state index contributed by atoms with van der Waals surface area (Å²) >= 11 is 5.37. The molecule has 0 aliphatic heterocycles. The number of esters is 1. The molecule has 0 amide bonds. The standard InChI is InChI=1S/C10H9ClO6/c1-3-17-7(12)4-6(9(13)14)8(5(2)11)10(15)16/h3H,1-2,4H2,(H,13,14)(H,15,16)/b8-6-. The predicted octanol–water partition coefficient (Wildman–Crippen LogP) is 1.28. The number of carboxylic acid groups (broad SMARTS) is 2. The second-order valence-electron chi connectivity index (χ2n) is 2.70. The molecule has 0 rings (SSSR count). The summed E-state index contributed by atoms with van der Waals surface area (Å²) in [7, 11) is 0. The fraction of sp³-hybridized carbons (Fsp3) is 0.100. The molecule has 0 aromatic carbocycles. The van der Waals surface area contributed by atoms with E-state index in [2.05, 4.69) is 17.9 Å². The van der Waals surface area contributed by atoms with Crippen LogP contribution in [-0.4, -0.2) is 28.1 Å². The SMILES string of the molecule is C=COC(=O)C/C(C(=O)O)=C(\C(=C)Cl)C(=O)O. The minimum Gasteiger partial charge on any atom is -0.478 e. The van der Waals surface area contributed by atoms with Crippen molar-refractivity contribution in [3.63, 3.8) is 0 Å². The summed E-state index contributed by atoms with van der Waals surface area (Å²) in [6, 6.07) is 0. The number of hydrogen-bond donors (Lipinski definition) is 2. The zero-order chi connectivity index (χ0) is 13.6. The van der Waals surface area contributed by atoms with E-state index in [9.17, 15) is 14.4 Å². The molecule has 6 nitrogen and oxygen atoms in total. The van der Waals surface area contributed by atoms with Gasteiger partial charge in [0, 0.05) is 5.03 Å². The molecule has 0 radical (unpaired) electrons. The van der Waals surface area contributed by atoms with Crippen LogP contribution in [0.5, 0.6) is 0 Å². The highest BCUT2D eigenvalue weighted by Gasteiger charge is 2.24. The fourth-order valence-electron chi connectivity index (χ4n) is 0.959. The molecule has 0 spiro atoms. The number of carboxylic acids is 2. The Morgan fingerprint density at radius 2 is 1.76 bits per heavy atom. The molecule has 17 heavy (non-hydrogen) atoms. The molecule has 7 heteroatoms. The summed E-state index contributed by atoms with van der Waals surface area (Å²) in [4.78, 5) is 32.7. The minimum absolute atomic E-state index is 0.485. The van der Waals surface area contributed by atoms with Gasteiger partial charge in [-0.05, 0) is 0 Å². The summed E-state index contributed by atoms with van der Waals surface area (Å²) in [5.74, 6) is -4.15. The molecule has 0 fully saturated rings. The lowest BCUT2D eigenvalue weighted by Gasteiger charge is -2.06. The van der Waals surface area contributed by atoms with Gasteiger partial charge in [0.1, 0.15) is 0 Å². The van der Waals surface area contributed by atoms with Crippen molar-refractivity contribution in [1.82, 2.24) is 0 Å². The third kappa shape index (κ3) is 4.52. The third-order valence-electron chi connectivity index (χ3n) is 1.58. The first kappa shape index (κ1) is 14.9. The number of aliphatic carboxylic acids is 2. The fourth-order valence-corrected chi connectivity index (χ4v) is 1.15. The van der Waals surface area contributed by atoms with Crippen molar-refractivity contribution in [3.05, 3.63) is 35.6 Å². The summed E-state index contributed by atoms with van der Waals surface area (Å²) < 4.78 is 4.29. The van der Waals surface area contributed by atoms with E-state index in [-0.39, 0.29) is 0 Å². The smallest absolute Gasteiger partial charge is 0.337 e. The molecule has 0 bridgehead atoms. The van der Waals surface area contributed by atoms with Gasteiger partial charge in [-0.15, -0.1) is 0 Å². The van der Waals surface area contributed by atoms with Gasteiger partial charge in [0.15, 0.2) is 0 Å². The van der Waals surface area contributed by atoms with E-state index in [1.54, 1.807) is 0 Å². The van der Waals surface area contributed by atoms with Crippen molar-refractivity contribution in [2.75, 3.05) is 0 Å². The summed E-state index contributed by atoms with van der Waals surface area (Å²) in [5.41, 5.74) is -1.44. The first-order valence-electron chi connectivity index (χ1n) is 4.16. The molecule has 2 N–H and O–H groups in total. The van der Waals surface area contributed by atoms with Crippen molar-refractivity contribution in [3.8, 4) is 0 Å². The van der Waals surface area contributed by atoms with Gasteiger partial charge in [-0.1, -0.05) is 24.8 Å². The van der Waals surface area contributed by atoms with Gasteiger partial charge in [0.25, 0.3) is 0 Å². The molecule has 0 saturated heterocycles. The highest BCUT2D eigenvalue weighted by atomic mass is 35.5. The Hall–Kier alpha value is -2.08. The van der Waals surface area contributed by atoms with Crippen LogP contribution in [0.2, 0.25) is 0 Å². The molecule has 0 atom stereocenters. The van der Waals surface area contributed by atoms with E-state index in [0.717, 1.165) is 6.26 Å². The average Bonchev–Trinajstić information content (AvgIpc) is 2.15. The van der Waals surface area contributed by atoms with Gasteiger partial charge in [0.05, 0.1) is 23.8 Å². The second-order valence-corrected chi connectivity index (χ2v) is 3.16. The van der Waals surface area contributed by atoms with Crippen LogP contribution in [-0.2, 0) is 19.1 Å². The van der Waals surface area contributed by atoms with Crippen LogP contribution in [0.25, 0.3) is 0 Å². The normalized spacial score (nSPS) is 11.1. The number of rotatable bonds is 6. The monoisotopic (exact) mass is 260 g/mol. The van der Waals surface area contributed by atoms with Gasteiger partial charge in [0.2, 0.25) is 0 Å². The molecule has 0 aliphatic rings. The zero-order valence-electron chi connectivity index (χ0n) is 8.60. The molecule has 0 aromatic rings. The van der Waals surface area contributed by atoms with Crippen LogP contribution in [0.1, 0.15) is 6.42 Å². The molecular weight excluding hydrogens is 252 g/mol. The molecule has 0 unspecified atom stereocenters. The Morgan fingerprint density at radius 3 is 2.06 bits per heavy atom. The largest absolute Gasteiger partial charge is 0.478 e. The van der Waals surface area contributed by atoms with Crippen LogP contribution in [0, 0.1) is 0 Å². The Balaban J connectivity index is 5.45. The highest BCUT2D eigenvalue weighted by molar-refractivity contribution is 6.35. The number of ether oxygens (including phenoxy) is 1. The number of carbonyl (C=O) groups excluding carboxylic acids is 1. The lowest BCUT2D eigenvalue weighted by molar-refractivity contribution is -0.140. The predicted molar refractivity (Wildman–Crippen MR) is 58.2 cm³/mol. The van der Waals surface area contributed by atoms with E-state index < -0.39 is 40.5 Å². The van der Waals surface area contributed by atoms with Crippen molar-refractivity contribution in [2.45, 2.75) is 6.42 Å². The Bertz CT molecular complexity index is 405. The highest BCUT2D eigenvalue weighted by Crippen LogP contribution is 2.20. The summed E-state index contributed by atoms with van der Waals surface area (Å²) in [5, 5.41) is 17.1. The van der Waals surface area contributed by atoms with Crippen LogP contribution >= 0.6 is 11.6 Å². The van der Waals surface area contributed by atoms with Gasteiger partial charge in [-0.2, -0.15) is 0 Å². The van der Waals surface area contributed by atoms with Crippen molar-refractivity contribution >= 4 is 29.5 Å². The molecule has 0 aliphatic carbocycles. The van der Waals surface area contributed by atoms with Crippen molar-refractivity contribution < 1.29 is 29.3 Å². The van der Waals surface area contributed by atoms with Crippen LogP contribution in [0.15, 0.2) is 35.6 Å². The first-order valence-corrected chi connectivity index (χ1v) is 4.54. The lowest BCUT2D eigenvalue weighted by atomic mass is 10.1. The number of carbonyl (C=O) groups is 3. The minimum atomic E-state index is -1.59.